The lowest BCUT2D eigenvalue weighted by Gasteiger charge is -2.34. The van der Waals surface area contributed by atoms with Gasteiger partial charge in [-0.25, -0.2) is 0 Å². The van der Waals surface area contributed by atoms with Gasteiger partial charge in [-0.3, -0.25) is 14.1 Å². The molecular formula is C21H25N5OS. The van der Waals surface area contributed by atoms with Crippen LogP contribution in [0.25, 0.3) is 5.65 Å². The fourth-order valence-electron chi connectivity index (χ4n) is 3.83. The molecule has 146 valence electrons. The van der Waals surface area contributed by atoms with Crippen molar-refractivity contribution in [3.05, 3.63) is 54.5 Å². The fraction of sp³-hybridized carbons (Fsp3) is 0.381. The Bertz CT molecular complexity index is 964. The first-order valence-electron chi connectivity index (χ1n) is 9.65. The minimum Gasteiger partial charge on any atom is -0.324 e. The normalized spacial score (nSPS) is 16.9. The van der Waals surface area contributed by atoms with Crippen molar-refractivity contribution in [1.29, 1.82) is 0 Å². The third kappa shape index (κ3) is 3.77. The van der Waals surface area contributed by atoms with Gasteiger partial charge in [-0.15, -0.1) is 22.0 Å². The third-order valence-electron chi connectivity index (χ3n) is 5.53. The van der Waals surface area contributed by atoms with Crippen molar-refractivity contribution >= 4 is 29.0 Å². The molecule has 1 aliphatic heterocycles. The highest BCUT2D eigenvalue weighted by atomic mass is 32.2. The van der Waals surface area contributed by atoms with Gasteiger partial charge < -0.3 is 5.32 Å². The van der Waals surface area contributed by atoms with E-state index in [4.69, 9.17) is 0 Å². The number of piperidine rings is 1. The van der Waals surface area contributed by atoms with Crippen molar-refractivity contribution < 1.29 is 4.79 Å². The van der Waals surface area contributed by atoms with Crippen LogP contribution in [0.4, 0.5) is 5.69 Å². The maximum absolute atomic E-state index is 12.8. The Balaban J connectivity index is 1.38. The lowest BCUT2D eigenvalue weighted by Crippen LogP contribution is -2.46. The third-order valence-corrected chi connectivity index (χ3v) is 6.32. The molecular weight excluding hydrogens is 370 g/mol. The minimum atomic E-state index is -0.161. The summed E-state index contributed by atoms with van der Waals surface area (Å²) in [5.74, 6) is 1.45. The number of nitrogens with zero attached hydrogens (tertiary/aromatic N) is 4. The topological polar surface area (TPSA) is 62.5 Å². The van der Waals surface area contributed by atoms with Crippen molar-refractivity contribution in [2.45, 2.75) is 36.6 Å². The predicted molar refractivity (Wildman–Crippen MR) is 113 cm³/mol. The number of thioether (sulfide) groups is 1. The molecule has 0 spiro atoms. The summed E-state index contributed by atoms with van der Waals surface area (Å²) in [7, 11) is 0. The molecule has 1 amide bonds. The number of carbonyl (C=O) groups is 1. The highest BCUT2D eigenvalue weighted by molar-refractivity contribution is 7.98. The molecule has 1 N–H and O–H groups in total. The van der Waals surface area contributed by atoms with Gasteiger partial charge in [-0.1, -0.05) is 18.2 Å². The van der Waals surface area contributed by atoms with Crippen molar-refractivity contribution in [2.24, 2.45) is 0 Å². The zero-order valence-corrected chi connectivity index (χ0v) is 17.0. The Morgan fingerprint density at radius 2 is 1.89 bits per heavy atom. The molecule has 3 heterocycles. The smallest absolute Gasteiger partial charge is 0.241 e. The molecule has 1 aromatic carbocycles. The lowest BCUT2D eigenvalue weighted by atomic mass is 9.95. The van der Waals surface area contributed by atoms with Gasteiger partial charge >= 0.3 is 0 Å². The Labute approximate surface area is 169 Å². The Kier molecular flexibility index (Phi) is 5.64. The molecule has 0 radical (unpaired) electrons. The number of hydrogen-bond donors (Lipinski definition) is 1. The number of anilines is 1. The van der Waals surface area contributed by atoms with E-state index >= 15 is 0 Å². The maximum Gasteiger partial charge on any atom is 0.241 e. The quantitative estimate of drug-likeness (QED) is 0.668. The second-order valence-corrected chi connectivity index (χ2v) is 8.01. The van der Waals surface area contributed by atoms with Gasteiger partial charge in [0.15, 0.2) is 5.65 Å². The Morgan fingerprint density at radius 3 is 2.68 bits per heavy atom. The van der Waals surface area contributed by atoms with Gasteiger partial charge in [-0.05, 0) is 63.4 Å². The fourth-order valence-corrected chi connectivity index (χ4v) is 4.39. The summed E-state index contributed by atoms with van der Waals surface area (Å²) >= 11 is 1.64. The zero-order chi connectivity index (χ0) is 19.5. The number of fused-ring (bicyclic) bond motifs is 1. The largest absolute Gasteiger partial charge is 0.324 e. The zero-order valence-electron chi connectivity index (χ0n) is 16.2. The number of likely N-dealkylation sites (tertiary alicyclic amines) is 1. The molecule has 7 heteroatoms. The minimum absolute atomic E-state index is 0.0490. The van der Waals surface area contributed by atoms with Crippen LogP contribution in [-0.2, 0) is 4.79 Å². The number of para-hydroxylation sites is 1. The molecule has 3 aromatic rings. The van der Waals surface area contributed by atoms with E-state index in [2.05, 4.69) is 24.8 Å². The first kappa shape index (κ1) is 19.0. The summed E-state index contributed by atoms with van der Waals surface area (Å²) in [6.07, 6.45) is 6.01. The van der Waals surface area contributed by atoms with Gasteiger partial charge in [-0.2, -0.15) is 0 Å². The summed E-state index contributed by atoms with van der Waals surface area (Å²) in [4.78, 5) is 16.1. The van der Waals surface area contributed by atoms with E-state index in [9.17, 15) is 4.79 Å². The summed E-state index contributed by atoms with van der Waals surface area (Å²) < 4.78 is 2.08. The second kappa shape index (κ2) is 8.32. The summed E-state index contributed by atoms with van der Waals surface area (Å²) in [5, 5.41) is 11.8. The van der Waals surface area contributed by atoms with E-state index in [0.29, 0.717) is 5.92 Å². The molecule has 1 saturated heterocycles. The van der Waals surface area contributed by atoms with Gasteiger partial charge in [0, 0.05) is 17.0 Å². The van der Waals surface area contributed by atoms with E-state index in [1.807, 2.05) is 61.8 Å². The average Bonchev–Trinajstić information content (AvgIpc) is 3.18. The molecule has 6 nitrogen and oxygen atoms in total. The van der Waals surface area contributed by atoms with Crippen molar-refractivity contribution in [2.75, 3.05) is 24.7 Å². The highest BCUT2D eigenvalue weighted by Gasteiger charge is 2.29. The molecule has 0 aliphatic carbocycles. The Hall–Kier alpha value is -2.38. The van der Waals surface area contributed by atoms with Gasteiger partial charge in [0.2, 0.25) is 5.91 Å². The van der Waals surface area contributed by atoms with Crippen LogP contribution in [0.3, 0.4) is 0 Å². The van der Waals surface area contributed by atoms with Gasteiger partial charge in [0.25, 0.3) is 0 Å². The summed E-state index contributed by atoms with van der Waals surface area (Å²) in [6.45, 7) is 3.75. The van der Waals surface area contributed by atoms with Crippen LogP contribution in [0.2, 0.25) is 0 Å². The maximum atomic E-state index is 12.8. The van der Waals surface area contributed by atoms with Crippen molar-refractivity contribution in [1.82, 2.24) is 19.5 Å². The van der Waals surface area contributed by atoms with Crippen LogP contribution in [0.1, 0.15) is 31.5 Å². The van der Waals surface area contributed by atoms with Crippen molar-refractivity contribution in [3.8, 4) is 0 Å². The lowest BCUT2D eigenvalue weighted by molar-refractivity contribution is -0.121. The van der Waals surface area contributed by atoms with E-state index in [-0.39, 0.29) is 11.9 Å². The van der Waals surface area contributed by atoms with E-state index in [1.165, 1.54) is 0 Å². The monoisotopic (exact) mass is 395 g/mol. The molecule has 0 unspecified atom stereocenters. The number of rotatable bonds is 5. The van der Waals surface area contributed by atoms with Crippen LogP contribution >= 0.6 is 11.8 Å². The average molecular weight is 396 g/mol. The van der Waals surface area contributed by atoms with Gasteiger partial charge in [0.1, 0.15) is 5.82 Å². The molecule has 2 aromatic heterocycles. The van der Waals surface area contributed by atoms with E-state index in [1.54, 1.807) is 11.8 Å². The number of carbonyl (C=O) groups excluding carboxylic acids is 1. The van der Waals surface area contributed by atoms with Crippen LogP contribution in [0.15, 0.2) is 53.6 Å². The molecule has 1 fully saturated rings. The Morgan fingerprint density at radius 1 is 1.14 bits per heavy atom. The number of benzene rings is 1. The van der Waals surface area contributed by atoms with Crippen LogP contribution in [0, 0.1) is 0 Å². The summed E-state index contributed by atoms with van der Waals surface area (Å²) in [5.41, 5.74) is 1.77. The molecule has 4 rings (SSSR count). The number of hydrogen-bond acceptors (Lipinski definition) is 5. The molecule has 28 heavy (non-hydrogen) atoms. The second-order valence-electron chi connectivity index (χ2n) is 7.16. The van der Waals surface area contributed by atoms with E-state index in [0.717, 1.165) is 48.0 Å². The number of nitrogens with one attached hydrogen (secondary N) is 1. The SMILES string of the molecule is CSc1ccccc1NC(=O)[C@@H](C)N1CCC(c2nnc3ccccn23)CC1. The predicted octanol–water partition coefficient (Wildman–Crippen LogP) is 3.66. The molecule has 0 saturated carbocycles. The molecule has 1 aliphatic rings. The highest BCUT2D eigenvalue weighted by Crippen LogP contribution is 2.29. The van der Waals surface area contributed by atoms with Crippen LogP contribution in [0.5, 0.6) is 0 Å². The van der Waals surface area contributed by atoms with E-state index < -0.39 is 0 Å². The van der Waals surface area contributed by atoms with Crippen LogP contribution in [-0.4, -0.2) is 50.8 Å². The summed E-state index contributed by atoms with van der Waals surface area (Å²) in [6, 6.07) is 13.7. The standard InChI is InChI=1S/C21H25N5OS/c1-15(21(27)22-17-7-3-4-8-18(17)28-2)25-13-10-16(11-14-25)20-24-23-19-9-5-6-12-26(19)20/h3-9,12,15-16H,10-11,13-14H2,1-2H3,(H,22,27)/t15-/m1/s1. The number of amides is 1. The van der Waals surface area contributed by atoms with Gasteiger partial charge in [0.05, 0.1) is 11.7 Å². The molecule has 0 bridgehead atoms. The number of pyridine rings is 1. The molecule has 1 atom stereocenters. The first-order chi connectivity index (χ1) is 13.7. The van der Waals surface area contributed by atoms with Crippen LogP contribution < -0.4 is 5.32 Å². The first-order valence-corrected chi connectivity index (χ1v) is 10.9. The van der Waals surface area contributed by atoms with Crippen molar-refractivity contribution in [3.63, 3.8) is 0 Å². The number of aromatic nitrogens is 3.